The van der Waals surface area contributed by atoms with Gasteiger partial charge in [0.25, 0.3) is 5.91 Å². The summed E-state index contributed by atoms with van der Waals surface area (Å²) in [5.41, 5.74) is 6.58. The van der Waals surface area contributed by atoms with E-state index in [1.54, 1.807) is 0 Å². The van der Waals surface area contributed by atoms with Crippen LogP contribution in [0, 0.1) is 5.82 Å². The number of nitrogens with two attached hydrogens (primary N) is 1. The summed E-state index contributed by atoms with van der Waals surface area (Å²) in [5.74, 6) is -2.78. The topological polar surface area (TPSA) is 106 Å². The maximum Gasteiger partial charge on any atom is 0.251 e. The molecule has 0 spiro atoms. The Balaban J connectivity index is 1.81. The second-order valence-corrected chi connectivity index (χ2v) is 9.14. The number of rotatable bonds is 5. The van der Waals surface area contributed by atoms with Gasteiger partial charge in [0, 0.05) is 4.88 Å². The van der Waals surface area contributed by atoms with E-state index in [0.717, 1.165) is 54.0 Å². The highest BCUT2D eigenvalue weighted by Gasteiger charge is 2.26. The molecule has 0 bridgehead atoms. The fraction of sp³-hybridized carbons (Fsp3) is 0.294. The van der Waals surface area contributed by atoms with Crippen LogP contribution in [-0.4, -0.2) is 26.0 Å². The van der Waals surface area contributed by atoms with Crippen LogP contribution in [0.25, 0.3) is 0 Å². The molecule has 0 aliphatic heterocycles. The van der Waals surface area contributed by atoms with Gasteiger partial charge in [-0.1, -0.05) is 0 Å². The molecular formula is C17H17FN2O4S2. The number of hydrogen-bond acceptors (Lipinski definition) is 5. The monoisotopic (exact) mass is 396 g/mol. The number of nitrogens with one attached hydrogen (secondary N) is 1. The third-order valence-corrected chi connectivity index (χ3v) is 7.00. The van der Waals surface area contributed by atoms with Gasteiger partial charge in [-0.15, -0.1) is 11.3 Å². The fourth-order valence-corrected chi connectivity index (χ4v) is 5.42. The summed E-state index contributed by atoms with van der Waals surface area (Å²) >= 11 is 1.27. The second kappa shape index (κ2) is 7.16. The standard InChI is InChI=1S/C17H17FN2O4S2/c18-10-5-7-11(8-6-10)26(23,24)9-14(21)20-17-15(16(19)22)12-3-1-2-4-13(12)25-17/h5-8H,1-4,9H2,(H2,19,22)(H,20,21). The average Bonchev–Trinajstić information content (AvgIpc) is 2.92. The van der Waals surface area contributed by atoms with Gasteiger partial charge in [-0.05, 0) is 55.5 Å². The maximum absolute atomic E-state index is 12.9. The summed E-state index contributed by atoms with van der Waals surface area (Å²) < 4.78 is 37.5. The zero-order valence-electron chi connectivity index (χ0n) is 13.7. The number of amides is 2. The van der Waals surface area contributed by atoms with Crippen molar-refractivity contribution in [1.82, 2.24) is 0 Å². The first-order chi connectivity index (χ1) is 12.3. The molecule has 1 aromatic carbocycles. The molecule has 1 aromatic heterocycles. The molecule has 2 amide bonds. The summed E-state index contributed by atoms with van der Waals surface area (Å²) in [4.78, 5) is 24.9. The minimum Gasteiger partial charge on any atom is -0.365 e. The zero-order valence-corrected chi connectivity index (χ0v) is 15.4. The number of benzene rings is 1. The largest absolute Gasteiger partial charge is 0.365 e. The number of thiophene rings is 1. The lowest BCUT2D eigenvalue weighted by molar-refractivity contribution is -0.113. The average molecular weight is 396 g/mol. The van der Waals surface area contributed by atoms with Crippen molar-refractivity contribution in [2.75, 3.05) is 11.1 Å². The van der Waals surface area contributed by atoms with Crippen molar-refractivity contribution < 1.29 is 22.4 Å². The number of carbonyl (C=O) groups is 2. The Morgan fingerprint density at radius 3 is 2.46 bits per heavy atom. The van der Waals surface area contributed by atoms with E-state index in [1.807, 2.05) is 0 Å². The molecule has 0 unspecified atom stereocenters. The van der Waals surface area contributed by atoms with Gasteiger partial charge >= 0.3 is 0 Å². The van der Waals surface area contributed by atoms with Crippen LogP contribution < -0.4 is 11.1 Å². The van der Waals surface area contributed by atoms with Gasteiger partial charge in [-0.2, -0.15) is 0 Å². The number of halogens is 1. The van der Waals surface area contributed by atoms with Crippen molar-refractivity contribution >= 4 is 38.0 Å². The first-order valence-electron chi connectivity index (χ1n) is 8.00. The molecule has 138 valence electrons. The number of fused-ring (bicyclic) bond motifs is 1. The Morgan fingerprint density at radius 2 is 1.81 bits per heavy atom. The van der Waals surface area contributed by atoms with Gasteiger partial charge in [0.2, 0.25) is 5.91 Å². The lowest BCUT2D eigenvalue weighted by Crippen LogP contribution is -2.24. The predicted molar refractivity (Wildman–Crippen MR) is 96.6 cm³/mol. The molecule has 9 heteroatoms. The number of primary amides is 1. The maximum atomic E-state index is 12.9. The third-order valence-electron chi connectivity index (χ3n) is 4.16. The number of aryl methyl sites for hydroxylation is 1. The van der Waals surface area contributed by atoms with Crippen LogP contribution in [0.15, 0.2) is 29.2 Å². The van der Waals surface area contributed by atoms with Gasteiger partial charge in [-0.25, -0.2) is 12.8 Å². The molecule has 0 saturated heterocycles. The number of anilines is 1. The van der Waals surface area contributed by atoms with Crippen molar-refractivity contribution in [1.29, 1.82) is 0 Å². The summed E-state index contributed by atoms with van der Waals surface area (Å²) in [5, 5.41) is 2.81. The lowest BCUT2D eigenvalue weighted by Gasteiger charge is -2.11. The molecule has 1 aliphatic carbocycles. The van der Waals surface area contributed by atoms with Crippen LogP contribution in [0.3, 0.4) is 0 Å². The Labute approximate surface area is 154 Å². The summed E-state index contributed by atoms with van der Waals surface area (Å²) in [6, 6.07) is 4.25. The molecule has 26 heavy (non-hydrogen) atoms. The van der Waals surface area contributed by atoms with E-state index in [4.69, 9.17) is 5.73 Å². The highest BCUT2D eigenvalue weighted by molar-refractivity contribution is 7.92. The number of sulfone groups is 1. The van der Waals surface area contributed by atoms with Crippen molar-refractivity contribution in [2.24, 2.45) is 5.73 Å². The van der Waals surface area contributed by atoms with Crippen LogP contribution in [0.2, 0.25) is 0 Å². The van der Waals surface area contributed by atoms with E-state index in [1.165, 1.54) is 11.3 Å². The van der Waals surface area contributed by atoms with Gasteiger partial charge in [-0.3, -0.25) is 9.59 Å². The quantitative estimate of drug-likeness (QED) is 0.756. The highest BCUT2D eigenvalue weighted by atomic mass is 32.2. The van der Waals surface area contributed by atoms with Crippen LogP contribution >= 0.6 is 11.3 Å². The number of carbonyl (C=O) groups excluding carboxylic acids is 2. The molecule has 2 aromatic rings. The first kappa shape index (κ1) is 18.5. The Kier molecular flexibility index (Phi) is 5.10. The van der Waals surface area contributed by atoms with Crippen LogP contribution in [0.1, 0.15) is 33.6 Å². The van der Waals surface area contributed by atoms with E-state index in [2.05, 4.69) is 5.32 Å². The SMILES string of the molecule is NC(=O)c1c(NC(=O)CS(=O)(=O)c2ccc(F)cc2)sc2c1CCCC2. The molecular weight excluding hydrogens is 379 g/mol. The van der Waals surface area contributed by atoms with Crippen LogP contribution in [0.5, 0.6) is 0 Å². The lowest BCUT2D eigenvalue weighted by atomic mass is 9.95. The summed E-state index contributed by atoms with van der Waals surface area (Å²) in [7, 11) is -3.92. The molecule has 6 nitrogen and oxygen atoms in total. The minimum atomic E-state index is -3.92. The summed E-state index contributed by atoms with van der Waals surface area (Å²) in [6.07, 6.45) is 3.46. The predicted octanol–water partition coefficient (Wildman–Crippen LogP) is 2.28. The van der Waals surface area contributed by atoms with Crippen LogP contribution in [0.4, 0.5) is 9.39 Å². The molecule has 1 aliphatic rings. The second-order valence-electron chi connectivity index (χ2n) is 6.04. The van der Waals surface area contributed by atoms with E-state index in [9.17, 15) is 22.4 Å². The van der Waals surface area contributed by atoms with E-state index in [0.29, 0.717) is 11.4 Å². The van der Waals surface area contributed by atoms with Gasteiger partial charge in [0.1, 0.15) is 16.6 Å². The Bertz CT molecular complexity index is 965. The third kappa shape index (κ3) is 3.78. The number of hydrogen-bond donors (Lipinski definition) is 2. The van der Waals surface area contributed by atoms with Crippen LogP contribution in [-0.2, 0) is 27.5 Å². The molecule has 3 rings (SSSR count). The normalized spacial score (nSPS) is 13.9. The molecule has 1 heterocycles. The van der Waals surface area contributed by atoms with Crippen molar-refractivity contribution in [3.05, 3.63) is 46.1 Å². The van der Waals surface area contributed by atoms with Gasteiger partial charge in [0.15, 0.2) is 9.84 Å². The molecule has 3 N–H and O–H groups in total. The smallest absolute Gasteiger partial charge is 0.251 e. The molecule has 0 saturated carbocycles. The summed E-state index contributed by atoms with van der Waals surface area (Å²) in [6.45, 7) is 0. The first-order valence-corrected chi connectivity index (χ1v) is 10.5. The van der Waals surface area contributed by atoms with E-state index in [-0.39, 0.29) is 10.5 Å². The van der Waals surface area contributed by atoms with Crippen molar-refractivity contribution in [3.8, 4) is 0 Å². The minimum absolute atomic E-state index is 0.144. The fourth-order valence-electron chi connectivity index (χ4n) is 2.98. The Morgan fingerprint density at radius 1 is 1.15 bits per heavy atom. The highest BCUT2D eigenvalue weighted by Crippen LogP contribution is 2.37. The molecule has 0 radical (unpaired) electrons. The van der Waals surface area contributed by atoms with Gasteiger partial charge in [0.05, 0.1) is 10.5 Å². The Hall–Kier alpha value is -2.26. The van der Waals surface area contributed by atoms with E-state index >= 15 is 0 Å². The van der Waals surface area contributed by atoms with Crippen molar-refractivity contribution in [2.45, 2.75) is 30.6 Å². The van der Waals surface area contributed by atoms with Gasteiger partial charge < -0.3 is 11.1 Å². The van der Waals surface area contributed by atoms with E-state index < -0.39 is 33.2 Å². The molecule has 0 atom stereocenters. The molecule has 0 fully saturated rings. The van der Waals surface area contributed by atoms with Crippen molar-refractivity contribution in [3.63, 3.8) is 0 Å². The zero-order chi connectivity index (χ0) is 18.9.